The van der Waals surface area contributed by atoms with E-state index >= 15 is 0 Å². The van der Waals surface area contributed by atoms with Crippen LogP contribution in [0.25, 0.3) is 0 Å². The van der Waals surface area contributed by atoms with E-state index in [2.05, 4.69) is 10.3 Å². The van der Waals surface area contributed by atoms with Gasteiger partial charge in [0.15, 0.2) is 0 Å². The average molecular weight is 257 g/mol. The minimum Gasteiger partial charge on any atom is -0.333 e. The van der Waals surface area contributed by atoms with E-state index in [0.29, 0.717) is 12.5 Å². The van der Waals surface area contributed by atoms with Gasteiger partial charge in [0, 0.05) is 31.6 Å². The Kier molecular flexibility index (Phi) is 3.83. The summed E-state index contributed by atoms with van der Waals surface area (Å²) in [5.74, 6) is 0.237. The zero-order valence-electron chi connectivity index (χ0n) is 10.1. The summed E-state index contributed by atoms with van der Waals surface area (Å²) in [6.07, 6.45) is 8.06. The van der Waals surface area contributed by atoms with Gasteiger partial charge in [0.2, 0.25) is 0 Å². The number of aryl methyl sites for hydroxylation is 1. The van der Waals surface area contributed by atoms with Crippen molar-refractivity contribution in [3.8, 4) is 0 Å². The molecule has 17 heavy (non-hydrogen) atoms. The van der Waals surface area contributed by atoms with Crippen molar-refractivity contribution >= 4 is 9.84 Å². The average Bonchev–Trinajstić information content (AvgIpc) is 2.95. The Morgan fingerprint density at radius 3 is 2.94 bits per heavy atom. The van der Waals surface area contributed by atoms with Gasteiger partial charge in [-0.1, -0.05) is 0 Å². The van der Waals surface area contributed by atoms with Crippen LogP contribution in [0.15, 0.2) is 12.5 Å². The highest BCUT2D eigenvalue weighted by Gasteiger charge is 2.20. The summed E-state index contributed by atoms with van der Waals surface area (Å²) in [6.45, 7) is 1.54. The number of hydrogen-bond acceptors (Lipinski definition) is 4. The lowest BCUT2D eigenvalue weighted by molar-refractivity contribution is 0.579. The first-order chi connectivity index (χ1) is 8.04. The summed E-state index contributed by atoms with van der Waals surface area (Å²) in [4.78, 5) is 4.11. The molecule has 0 bridgehead atoms. The third kappa shape index (κ3) is 4.47. The molecule has 96 valence electrons. The van der Waals surface area contributed by atoms with E-state index in [-0.39, 0.29) is 5.75 Å². The smallest absolute Gasteiger partial charge is 0.147 e. The number of hydrogen-bond donors (Lipinski definition) is 1. The largest absolute Gasteiger partial charge is 0.333 e. The summed E-state index contributed by atoms with van der Waals surface area (Å²) in [5, 5.41) is 3.43. The summed E-state index contributed by atoms with van der Waals surface area (Å²) in [6, 6.07) is 0.675. The van der Waals surface area contributed by atoms with Crippen molar-refractivity contribution in [2.75, 3.05) is 12.0 Å². The summed E-state index contributed by atoms with van der Waals surface area (Å²) >= 11 is 0. The summed E-state index contributed by atoms with van der Waals surface area (Å²) in [7, 11) is -2.86. The quantitative estimate of drug-likeness (QED) is 0.775. The topological polar surface area (TPSA) is 64.0 Å². The van der Waals surface area contributed by atoms with Crippen molar-refractivity contribution in [1.29, 1.82) is 0 Å². The minimum atomic E-state index is -2.86. The number of sulfone groups is 1. The molecule has 0 saturated heterocycles. The first-order valence-electron chi connectivity index (χ1n) is 5.95. The molecule has 0 aromatic carbocycles. The molecule has 0 atom stereocenters. The molecule has 0 unspecified atom stereocenters. The predicted molar refractivity (Wildman–Crippen MR) is 66.4 cm³/mol. The standard InChI is InChI=1S/C11H19N3O2S/c1-17(15,16)6-2-5-14-9-12-7-11(14)8-13-10-3-4-10/h7,9-10,13H,2-6,8H2,1H3. The Morgan fingerprint density at radius 1 is 1.53 bits per heavy atom. The molecule has 1 N–H and O–H groups in total. The molecule has 1 aromatic rings. The van der Waals surface area contributed by atoms with Crippen LogP contribution in [0.5, 0.6) is 0 Å². The maximum absolute atomic E-state index is 11.0. The molecular formula is C11H19N3O2S. The molecule has 0 aliphatic heterocycles. The molecule has 2 rings (SSSR count). The van der Waals surface area contributed by atoms with Gasteiger partial charge in [-0.2, -0.15) is 0 Å². The van der Waals surface area contributed by atoms with Gasteiger partial charge in [-0.15, -0.1) is 0 Å². The fraction of sp³-hybridized carbons (Fsp3) is 0.727. The Labute approximate surface area is 102 Å². The van der Waals surface area contributed by atoms with Crippen LogP contribution in [-0.2, 0) is 22.9 Å². The van der Waals surface area contributed by atoms with Gasteiger partial charge in [0.05, 0.1) is 17.8 Å². The maximum atomic E-state index is 11.0. The monoisotopic (exact) mass is 257 g/mol. The third-order valence-electron chi connectivity index (χ3n) is 2.86. The molecule has 0 amide bonds. The van der Waals surface area contributed by atoms with E-state index in [4.69, 9.17) is 0 Å². The van der Waals surface area contributed by atoms with E-state index in [0.717, 1.165) is 18.8 Å². The highest BCUT2D eigenvalue weighted by molar-refractivity contribution is 7.90. The second-order valence-corrected chi connectivity index (χ2v) is 6.98. The molecule has 1 aromatic heterocycles. The number of imidazole rings is 1. The van der Waals surface area contributed by atoms with Crippen molar-refractivity contribution in [1.82, 2.24) is 14.9 Å². The van der Waals surface area contributed by atoms with Crippen LogP contribution < -0.4 is 5.32 Å². The maximum Gasteiger partial charge on any atom is 0.147 e. The molecule has 1 saturated carbocycles. The van der Waals surface area contributed by atoms with E-state index in [9.17, 15) is 8.42 Å². The molecule has 1 aliphatic rings. The van der Waals surface area contributed by atoms with Gasteiger partial charge in [0.1, 0.15) is 9.84 Å². The summed E-state index contributed by atoms with van der Waals surface area (Å²) < 4.78 is 24.1. The Bertz CT molecular complexity index is 463. The first kappa shape index (κ1) is 12.6. The van der Waals surface area contributed by atoms with Crippen LogP contribution in [0.1, 0.15) is 25.0 Å². The van der Waals surface area contributed by atoms with Crippen molar-refractivity contribution in [2.24, 2.45) is 0 Å². The summed E-state index contributed by atoms with van der Waals surface area (Å²) in [5.41, 5.74) is 1.13. The van der Waals surface area contributed by atoms with Gasteiger partial charge >= 0.3 is 0 Å². The molecule has 1 aliphatic carbocycles. The van der Waals surface area contributed by atoms with Crippen LogP contribution in [0.2, 0.25) is 0 Å². The lowest BCUT2D eigenvalue weighted by atomic mass is 10.4. The molecular weight excluding hydrogens is 238 g/mol. The van der Waals surface area contributed by atoms with Gasteiger partial charge in [-0.05, 0) is 19.3 Å². The SMILES string of the molecule is CS(=O)(=O)CCCn1cncc1CNC1CC1. The highest BCUT2D eigenvalue weighted by atomic mass is 32.2. The number of rotatable bonds is 7. The normalized spacial score (nSPS) is 16.3. The van der Waals surface area contributed by atoms with Crippen LogP contribution in [0.4, 0.5) is 0 Å². The van der Waals surface area contributed by atoms with Crippen LogP contribution >= 0.6 is 0 Å². The Balaban J connectivity index is 1.80. The van der Waals surface area contributed by atoms with E-state index in [1.54, 1.807) is 6.33 Å². The number of nitrogens with one attached hydrogen (secondary N) is 1. The van der Waals surface area contributed by atoms with Crippen LogP contribution in [0, 0.1) is 0 Å². The van der Waals surface area contributed by atoms with Crippen LogP contribution in [0.3, 0.4) is 0 Å². The molecule has 1 heterocycles. The number of aromatic nitrogens is 2. The highest BCUT2D eigenvalue weighted by Crippen LogP contribution is 2.19. The lowest BCUT2D eigenvalue weighted by Gasteiger charge is -2.08. The fourth-order valence-electron chi connectivity index (χ4n) is 1.73. The van der Waals surface area contributed by atoms with Crippen molar-refractivity contribution in [3.63, 3.8) is 0 Å². The zero-order chi connectivity index (χ0) is 12.3. The van der Waals surface area contributed by atoms with Gasteiger partial charge in [-0.25, -0.2) is 13.4 Å². The Morgan fingerprint density at radius 2 is 2.29 bits per heavy atom. The van der Waals surface area contributed by atoms with Crippen LogP contribution in [-0.4, -0.2) is 36.0 Å². The van der Waals surface area contributed by atoms with Crippen molar-refractivity contribution in [2.45, 2.75) is 38.4 Å². The second-order valence-electron chi connectivity index (χ2n) is 4.72. The van der Waals surface area contributed by atoms with Crippen molar-refractivity contribution in [3.05, 3.63) is 18.2 Å². The van der Waals surface area contributed by atoms with Crippen molar-refractivity contribution < 1.29 is 8.42 Å². The number of nitrogens with zero attached hydrogens (tertiary/aromatic N) is 2. The minimum absolute atomic E-state index is 0.237. The molecule has 5 nitrogen and oxygen atoms in total. The molecule has 0 spiro atoms. The van der Waals surface area contributed by atoms with E-state index in [1.165, 1.54) is 19.1 Å². The lowest BCUT2D eigenvalue weighted by Crippen LogP contribution is -2.18. The van der Waals surface area contributed by atoms with Gasteiger partial charge in [-0.3, -0.25) is 0 Å². The molecule has 1 fully saturated rings. The van der Waals surface area contributed by atoms with E-state index in [1.807, 2.05) is 10.8 Å². The first-order valence-corrected chi connectivity index (χ1v) is 8.01. The Hall–Kier alpha value is -0.880. The third-order valence-corrected chi connectivity index (χ3v) is 3.89. The van der Waals surface area contributed by atoms with Gasteiger partial charge < -0.3 is 9.88 Å². The zero-order valence-corrected chi connectivity index (χ0v) is 10.9. The fourth-order valence-corrected chi connectivity index (χ4v) is 2.38. The molecule has 6 heteroatoms. The van der Waals surface area contributed by atoms with E-state index < -0.39 is 9.84 Å². The van der Waals surface area contributed by atoms with Gasteiger partial charge in [0.25, 0.3) is 0 Å². The second kappa shape index (κ2) is 5.18. The predicted octanol–water partition coefficient (Wildman–Crippen LogP) is 0.570. The molecule has 0 radical (unpaired) electrons.